The maximum Gasteiger partial charge on any atom is 0.226 e. The first-order valence-corrected chi connectivity index (χ1v) is 8.30. The third-order valence-corrected chi connectivity index (χ3v) is 4.79. The molecule has 0 bridgehead atoms. The Morgan fingerprint density at radius 2 is 2.09 bits per heavy atom. The summed E-state index contributed by atoms with van der Waals surface area (Å²) in [6.07, 6.45) is 4.56. The average molecular weight is 302 g/mol. The largest absolute Gasteiger partial charge is 0.493 e. The van der Waals surface area contributed by atoms with Crippen molar-refractivity contribution in [1.29, 1.82) is 0 Å². The summed E-state index contributed by atoms with van der Waals surface area (Å²) in [7, 11) is 3.65. The number of benzene rings is 1. The third-order valence-electron chi connectivity index (χ3n) is 4.79. The highest BCUT2D eigenvalue weighted by Crippen LogP contribution is 2.27. The van der Waals surface area contributed by atoms with Gasteiger partial charge in [0.1, 0.15) is 5.75 Å². The van der Waals surface area contributed by atoms with Gasteiger partial charge in [-0.1, -0.05) is 6.07 Å². The van der Waals surface area contributed by atoms with E-state index in [0.717, 1.165) is 25.3 Å². The molecule has 0 saturated carbocycles. The zero-order valence-corrected chi connectivity index (χ0v) is 13.6. The summed E-state index contributed by atoms with van der Waals surface area (Å²) < 4.78 is 5.99. The first kappa shape index (κ1) is 15.3. The van der Waals surface area contributed by atoms with Gasteiger partial charge in [-0.25, -0.2) is 0 Å². The number of fused-ring (bicyclic) bond motifs is 1. The van der Waals surface area contributed by atoms with Crippen molar-refractivity contribution in [3.63, 3.8) is 0 Å². The van der Waals surface area contributed by atoms with Crippen molar-refractivity contribution in [3.05, 3.63) is 29.3 Å². The van der Waals surface area contributed by atoms with E-state index in [1.165, 1.54) is 30.4 Å². The fourth-order valence-corrected chi connectivity index (χ4v) is 3.56. The van der Waals surface area contributed by atoms with Gasteiger partial charge in [0.05, 0.1) is 12.5 Å². The zero-order valence-electron chi connectivity index (χ0n) is 13.6. The molecule has 120 valence electrons. The van der Waals surface area contributed by atoms with E-state index in [1.54, 1.807) is 4.90 Å². The van der Waals surface area contributed by atoms with Gasteiger partial charge in [0, 0.05) is 33.1 Å². The van der Waals surface area contributed by atoms with Crippen molar-refractivity contribution in [3.8, 4) is 5.75 Å². The Bertz CT molecular complexity index is 542. The van der Waals surface area contributed by atoms with Gasteiger partial charge in [-0.2, -0.15) is 0 Å². The van der Waals surface area contributed by atoms with Crippen LogP contribution in [0.2, 0.25) is 0 Å². The number of aryl methyl sites for hydroxylation is 2. The normalized spacial score (nSPS) is 23.9. The quantitative estimate of drug-likeness (QED) is 0.923. The number of carbonyl (C=O) groups is 1. The van der Waals surface area contributed by atoms with E-state index in [0.29, 0.717) is 12.5 Å². The molecule has 1 aliphatic carbocycles. The molecule has 0 spiro atoms. The number of hydrogen-bond acceptors (Lipinski definition) is 3. The highest BCUT2D eigenvalue weighted by molar-refractivity contribution is 5.78. The van der Waals surface area contributed by atoms with Crippen LogP contribution in [0.4, 0.5) is 0 Å². The fraction of sp³-hybridized carbons (Fsp3) is 0.611. The summed E-state index contributed by atoms with van der Waals surface area (Å²) in [4.78, 5) is 13.8. The van der Waals surface area contributed by atoms with E-state index >= 15 is 0 Å². The van der Waals surface area contributed by atoms with Crippen molar-refractivity contribution in [1.82, 2.24) is 10.2 Å². The molecule has 1 aliphatic heterocycles. The maximum atomic E-state index is 12.1. The number of piperidine rings is 1. The van der Waals surface area contributed by atoms with Gasteiger partial charge in [-0.3, -0.25) is 4.79 Å². The number of carbonyl (C=O) groups excluding carboxylic acids is 1. The molecule has 1 aromatic rings. The molecule has 2 atom stereocenters. The first-order valence-electron chi connectivity index (χ1n) is 8.30. The predicted octanol–water partition coefficient (Wildman–Crippen LogP) is 1.87. The highest BCUT2D eigenvalue weighted by atomic mass is 16.5. The monoisotopic (exact) mass is 302 g/mol. The second-order valence-electron chi connectivity index (χ2n) is 6.78. The van der Waals surface area contributed by atoms with E-state index in [2.05, 4.69) is 23.5 Å². The van der Waals surface area contributed by atoms with E-state index in [9.17, 15) is 4.79 Å². The summed E-state index contributed by atoms with van der Waals surface area (Å²) >= 11 is 0. The van der Waals surface area contributed by atoms with Gasteiger partial charge < -0.3 is 15.0 Å². The molecule has 2 aliphatic rings. The van der Waals surface area contributed by atoms with Gasteiger partial charge >= 0.3 is 0 Å². The Morgan fingerprint density at radius 1 is 1.27 bits per heavy atom. The van der Waals surface area contributed by atoms with Crippen molar-refractivity contribution in [2.24, 2.45) is 11.8 Å². The van der Waals surface area contributed by atoms with E-state index < -0.39 is 0 Å². The Hall–Kier alpha value is -1.55. The topological polar surface area (TPSA) is 41.6 Å². The fourth-order valence-electron chi connectivity index (χ4n) is 3.56. The zero-order chi connectivity index (χ0) is 15.5. The molecule has 1 N–H and O–H groups in total. The minimum Gasteiger partial charge on any atom is -0.493 e. The average Bonchev–Trinajstić information content (AvgIpc) is 3.00. The summed E-state index contributed by atoms with van der Waals surface area (Å²) in [5.41, 5.74) is 2.92. The molecule has 4 heteroatoms. The number of rotatable bonds is 4. The van der Waals surface area contributed by atoms with Crippen LogP contribution in [-0.4, -0.2) is 44.6 Å². The molecule has 1 amide bonds. The second-order valence-corrected chi connectivity index (χ2v) is 6.78. The number of ether oxygens (including phenoxy) is 1. The van der Waals surface area contributed by atoms with Crippen LogP contribution >= 0.6 is 0 Å². The SMILES string of the molecule is CN(C)C(=O)[C@H]1CNC[C@@H](COc2ccc3c(c2)CCC3)C1. The number of hydrogen-bond donors (Lipinski definition) is 1. The predicted molar refractivity (Wildman–Crippen MR) is 87.1 cm³/mol. The van der Waals surface area contributed by atoms with E-state index in [4.69, 9.17) is 4.74 Å². The molecule has 0 radical (unpaired) electrons. The van der Waals surface area contributed by atoms with Crippen LogP contribution in [-0.2, 0) is 17.6 Å². The number of amides is 1. The minimum atomic E-state index is 0.0809. The maximum absolute atomic E-state index is 12.1. The van der Waals surface area contributed by atoms with Crippen molar-refractivity contribution < 1.29 is 9.53 Å². The molecule has 1 saturated heterocycles. The molecule has 1 fully saturated rings. The molecular formula is C18H26N2O2. The summed E-state index contributed by atoms with van der Waals surface area (Å²) in [6, 6.07) is 6.49. The second kappa shape index (κ2) is 6.69. The van der Waals surface area contributed by atoms with Crippen molar-refractivity contribution in [2.45, 2.75) is 25.7 Å². The van der Waals surface area contributed by atoms with Gasteiger partial charge in [0.25, 0.3) is 0 Å². The lowest BCUT2D eigenvalue weighted by molar-refractivity contribution is -0.134. The number of nitrogens with zero attached hydrogens (tertiary/aromatic N) is 1. The van der Waals surface area contributed by atoms with E-state index in [-0.39, 0.29) is 11.8 Å². The molecule has 0 aromatic heterocycles. The molecule has 22 heavy (non-hydrogen) atoms. The van der Waals surface area contributed by atoms with Crippen molar-refractivity contribution >= 4 is 5.91 Å². The van der Waals surface area contributed by atoms with Crippen LogP contribution in [0.25, 0.3) is 0 Å². The summed E-state index contributed by atoms with van der Waals surface area (Å²) in [5, 5.41) is 3.37. The van der Waals surface area contributed by atoms with E-state index in [1.807, 2.05) is 14.1 Å². The minimum absolute atomic E-state index is 0.0809. The first-order chi connectivity index (χ1) is 10.6. The third kappa shape index (κ3) is 3.43. The summed E-state index contributed by atoms with van der Waals surface area (Å²) in [6.45, 7) is 2.40. The number of nitrogens with one attached hydrogen (secondary N) is 1. The van der Waals surface area contributed by atoms with Gasteiger partial charge in [-0.15, -0.1) is 0 Å². The lowest BCUT2D eigenvalue weighted by Gasteiger charge is -2.30. The van der Waals surface area contributed by atoms with Crippen LogP contribution in [0.1, 0.15) is 24.0 Å². The molecular weight excluding hydrogens is 276 g/mol. The molecule has 0 unspecified atom stereocenters. The Balaban J connectivity index is 1.54. The highest BCUT2D eigenvalue weighted by Gasteiger charge is 2.28. The van der Waals surface area contributed by atoms with Crippen LogP contribution in [0, 0.1) is 11.8 Å². The van der Waals surface area contributed by atoms with Gasteiger partial charge in [0.2, 0.25) is 5.91 Å². The molecule has 1 heterocycles. The van der Waals surface area contributed by atoms with Crippen LogP contribution < -0.4 is 10.1 Å². The Kier molecular flexibility index (Phi) is 4.67. The standard InChI is InChI=1S/C18H26N2O2/c1-20(2)18(21)16-8-13(10-19-11-16)12-22-17-7-6-14-4-3-5-15(14)9-17/h6-7,9,13,16,19H,3-5,8,10-12H2,1-2H3/t13-,16+/m0/s1. The summed E-state index contributed by atoms with van der Waals surface area (Å²) in [5.74, 6) is 1.67. The van der Waals surface area contributed by atoms with Crippen LogP contribution in [0.15, 0.2) is 18.2 Å². The van der Waals surface area contributed by atoms with Crippen molar-refractivity contribution in [2.75, 3.05) is 33.8 Å². The Labute approximate surface area is 132 Å². The molecule has 4 nitrogen and oxygen atoms in total. The Morgan fingerprint density at radius 3 is 2.91 bits per heavy atom. The van der Waals surface area contributed by atoms with Gasteiger partial charge in [0.15, 0.2) is 0 Å². The lowest BCUT2D eigenvalue weighted by Crippen LogP contribution is -2.45. The van der Waals surface area contributed by atoms with Gasteiger partial charge in [-0.05, 0) is 48.9 Å². The molecule has 3 rings (SSSR count). The van der Waals surface area contributed by atoms with Crippen LogP contribution in [0.3, 0.4) is 0 Å². The van der Waals surface area contributed by atoms with Crippen LogP contribution in [0.5, 0.6) is 5.75 Å². The lowest BCUT2D eigenvalue weighted by atomic mass is 9.90. The smallest absolute Gasteiger partial charge is 0.226 e. The molecule has 1 aromatic carbocycles.